The summed E-state index contributed by atoms with van der Waals surface area (Å²) in [6.07, 6.45) is 5.71. The van der Waals surface area contributed by atoms with Gasteiger partial charge < -0.3 is 20.7 Å². The molecule has 1 heterocycles. The summed E-state index contributed by atoms with van der Waals surface area (Å²) in [6.45, 7) is 9.96. The number of carbonyl (C=O) groups excluding carboxylic acids is 1. The van der Waals surface area contributed by atoms with Crippen molar-refractivity contribution in [3.05, 3.63) is 0 Å². The third-order valence-electron chi connectivity index (χ3n) is 6.10. The van der Waals surface area contributed by atoms with Gasteiger partial charge in [0.2, 0.25) is 5.91 Å². The molecule has 2 atom stereocenters. The van der Waals surface area contributed by atoms with E-state index in [1.165, 1.54) is 6.42 Å². The molecule has 2 rings (SSSR count). The number of guanidine groups is 1. The molecular weight excluding hydrogens is 342 g/mol. The zero-order valence-corrected chi connectivity index (χ0v) is 17.8. The van der Waals surface area contributed by atoms with Gasteiger partial charge in [-0.3, -0.25) is 14.7 Å². The van der Waals surface area contributed by atoms with E-state index in [9.17, 15) is 4.79 Å². The Balaban J connectivity index is 1.73. The van der Waals surface area contributed by atoms with Gasteiger partial charge >= 0.3 is 0 Å². The maximum Gasteiger partial charge on any atom is 0.233 e. The molecule has 156 valence electrons. The van der Waals surface area contributed by atoms with Gasteiger partial charge in [-0.1, -0.05) is 27.2 Å². The average molecular weight is 382 g/mol. The topological polar surface area (TPSA) is 78.0 Å². The molecule has 0 aromatic heterocycles. The number of carbonyl (C=O) groups is 1. The van der Waals surface area contributed by atoms with Crippen LogP contribution in [0.2, 0.25) is 0 Å². The van der Waals surface area contributed by atoms with E-state index in [0.29, 0.717) is 24.7 Å². The van der Waals surface area contributed by atoms with Gasteiger partial charge in [-0.15, -0.1) is 0 Å². The van der Waals surface area contributed by atoms with Gasteiger partial charge in [0.15, 0.2) is 5.96 Å². The predicted octanol–water partition coefficient (Wildman–Crippen LogP) is 1.35. The summed E-state index contributed by atoms with van der Waals surface area (Å²) >= 11 is 0. The maximum absolute atomic E-state index is 11.5. The fraction of sp³-hybridized carbons (Fsp3) is 0.900. The number of likely N-dealkylation sites (tertiary alicyclic amines) is 1. The third kappa shape index (κ3) is 6.07. The second-order valence-electron chi connectivity index (χ2n) is 8.41. The molecule has 1 aliphatic carbocycles. The number of hydrogen-bond donors (Lipinski definition) is 3. The summed E-state index contributed by atoms with van der Waals surface area (Å²) < 4.78 is 6.04. The standard InChI is InChI=1S/C20H39N5O2/c1-6-7-12-27-17-13-16(20(17,2)3)24-19(22-5)23-15-8-10-25(11-9-15)14-18(26)21-4/h15-17H,6-14H2,1-5H3,(H,21,26)(H2,22,23,24). The van der Waals surface area contributed by atoms with Gasteiger partial charge in [-0.05, 0) is 25.7 Å². The van der Waals surface area contributed by atoms with E-state index in [-0.39, 0.29) is 11.3 Å². The Bertz CT molecular complexity index is 501. The molecule has 2 unspecified atom stereocenters. The molecule has 1 aliphatic heterocycles. The van der Waals surface area contributed by atoms with Gasteiger partial charge in [-0.2, -0.15) is 0 Å². The van der Waals surface area contributed by atoms with Crippen molar-refractivity contribution in [3.8, 4) is 0 Å². The van der Waals surface area contributed by atoms with E-state index >= 15 is 0 Å². The van der Waals surface area contributed by atoms with Crippen LogP contribution in [0.1, 0.15) is 52.9 Å². The highest BCUT2D eigenvalue weighted by Gasteiger charge is 2.49. The number of unbranched alkanes of at least 4 members (excludes halogenated alkanes) is 1. The normalized spacial score (nSPS) is 26.3. The van der Waals surface area contributed by atoms with E-state index in [2.05, 4.69) is 46.6 Å². The van der Waals surface area contributed by atoms with Gasteiger partial charge in [0, 0.05) is 51.3 Å². The molecule has 7 nitrogen and oxygen atoms in total. The Morgan fingerprint density at radius 3 is 2.52 bits per heavy atom. The number of nitrogens with one attached hydrogen (secondary N) is 3. The summed E-state index contributed by atoms with van der Waals surface area (Å²) in [4.78, 5) is 18.1. The van der Waals surface area contributed by atoms with Gasteiger partial charge in [0.1, 0.15) is 0 Å². The first kappa shape index (κ1) is 22.0. The molecule has 3 N–H and O–H groups in total. The number of piperidine rings is 1. The van der Waals surface area contributed by atoms with Crippen LogP contribution >= 0.6 is 0 Å². The zero-order chi connectivity index (χ0) is 19.9. The molecule has 1 saturated heterocycles. The monoisotopic (exact) mass is 381 g/mol. The predicted molar refractivity (Wildman–Crippen MR) is 110 cm³/mol. The minimum absolute atomic E-state index is 0.0850. The first-order valence-electron chi connectivity index (χ1n) is 10.4. The number of likely N-dealkylation sites (N-methyl/N-ethyl adjacent to an activating group) is 1. The lowest BCUT2D eigenvalue weighted by atomic mass is 9.64. The molecule has 7 heteroatoms. The molecule has 0 spiro atoms. The fourth-order valence-corrected chi connectivity index (χ4v) is 3.83. The van der Waals surface area contributed by atoms with Crippen molar-refractivity contribution in [1.29, 1.82) is 0 Å². The Kier molecular flexibility index (Phi) is 8.35. The van der Waals surface area contributed by atoms with Crippen molar-refractivity contribution in [1.82, 2.24) is 20.9 Å². The van der Waals surface area contributed by atoms with Crippen LogP contribution in [0.3, 0.4) is 0 Å². The number of nitrogens with zero attached hydrogens (tertiary/aromatic N) is 2. The summed E-state index contributed by atoms with van der Waals surface area (Å²) in [6, 6.07) is 0.778. The molecule has 0 radical (unpaired) electrons. The SMILES string of the molecule is CCCCOC1CC(NC(=NC)NC2CCN(CC(=O)NC)CC2)C1(C)C. The molecule has 1 amide bonds. The van der Waals surface area contributed by atoms with Crippen LogP contribution in [0.15, 0.2) is 4.99 Å². The van der Waals surface area contributed by atoms with Crippen LogP contribution in [-0.4, -0.2) is 75.3 Å². The van der Waals surface area contributed by atoms with Crippen molar-refractivity contribution in [2.75, 3.05) is 40.3 Å². The number of ether oxygens (including phenoxy) is 1. The Labute approximate surface area is 164 Å². The van der Waals surface area contributed by atoms with Crippen molar-refractivity contribution in [2.24, 2.45) is 10.4 Å². The van der Waals surface area contributed by atoms with Crippen LogP contribution < -0.4 is 16.0 Å². The number of aliphatic imine (C=N–C) groups is 1. The highest BCUT2D eigenvalue weighted by molar-refractivity contribution is 5.80. The number of amides is 1. The highest BCUT2D eigenvalue weighted by Crippen LogP contribution is 2.42. The lowest BCUT2D eigenvalue weighted by Crippen LogP contribution is -2.64. The summed E-state index contributed by atoms with van der Waals surface area (Å²) in [7, 11) is 3.52. The van der Waals surface area contributed by atoms with Crippen molar-refractivity contribution < 1.29 is 9.53 Å². The van der Waals surface area contributed by atoms with Crippen LogP contribution in [0, 0.1) is 5.41 Å². The first-order valence-corrected chi connectivity index (χ1v) is 10.4. The molecule has 0 aromatic carbocycles. The minimum Gasteiger partial charge on any atom is -0.378 e. The molecule has 1 saturated carbocycles. The van der Waals surface area contributed by atoms with Crippen molar-refractivity contribution in [3.63, 3.8) is 0 Å². The third-order valence-corrected chi connectivity index (χ3v) is 6.10. The van der Waals surface area contributed by atoms with Gasteiger partial charge in [0.25, 0.3) is 0 Å². The van der Waals surface area contributed by atoms with Gasteiger partial charge in [-0.25, -0.2) is 0 Å². The fourth-order valence-electron chi connectivity index (χ4n) is 3.83. The molecule has 0 bridgehead atoms. The Hall–Kier alpha value is -1.34. The largest absolute Gasteiger partial charge is 0.378 e. The molecule has 27 heavy (non-hydrogen) atoms. The van der Waals surface area contributed by atoms with E-state index in [1.807, 2.05) is 7.05 Å². The summed E-state index contributed by atoms with van der Waals surface area (Å²) in [5.74, 6) is 0.964. The van der Waals surface area contributed by atoms with Crippen LogP contribution in [-0.2, 0) is 9.53 Å². The van der Waals surface area contributed by atoms with E-state index < -0.39 is 0 Å². The van der Waals surface area contributed by atoms with E-state index in [0.717, 1.165) is 51.3 Å². The highest BCUT2D eigenvalue weighted by atomic mass is 16.5. The molecule has 2 aliphatic rings. The number of rotatable bonds is 8. The minimum atomic E-state index is 0.0850. The molecule has 2 fully saturated rings. The maximum atomic E-state index is 11.5. The van der Waals surface area contributed by atoms with Crippen LogP contribution in [0.4, 0.5) is 0 Å². The van der Waals surface area contributed by atoms with E-state index in [1.54, 1.807) is 7.05 Å². The lowest BCUT2D eigenvalue weighted by Gasteiger charge is -2.52. The smallest absolute Gasteiger partial charge is 0.233 e. The first-order chi connectivity index (χ1) is 12.9. The van der Waals surface area contributed by atoms with Crippen molar-refractivity contribution >= 4 is 11.9 Å². The second-order valence-corrected chi connectivity index (χ2v) is 8.41. The zero-order valence-electron chi connectivity index (χ0n) is 17.8. The number of hydrogen-bond acceptors (Lipinski definition) is 4. The lowest BCUT2D eigenvalue weighted by molar-refractivity contribution is -0.122. The van der Waals surface area contributed by atoms with E-state index in [4.69, 9.17) is 4.74 Å². The second kappa shape index (κ2) is 10.3. The quantitative estimate of drug-likeness (QED) is 0.336. The van der Waals surface area contributed by atoms with Gasteiger partial charge in [0.05, 0.1) is 12.6 Å². The Morgan fingerprint density at radius 1 is 1.26 bits per heavy atom. The van der Waals surface area contributed by atoms with Crippen LogP contribution in [0.25, 0.3) is 0 Å². The average Bonchev–Trinajstić information content (AvgIpc) is 2.67. The molecule has 0 aromatic rings. The van der Waals surface area contributed by atoms with Crippen molar-refractivity contribution in [2.45, 2.75) is 71.1 Å². The van der Waals surface area contributed by atoms with Crippen LogP contribution in [0.5, 0.6) is 0 Å². The summed E-state index contributed by atoms with van der Waals surface area (Å²) in [5.41, 5.74) is 0.113. The summed E-state index contributed by atoms with van der Waals surface area (Å²) in [5, 5.41) is 9.85. The Morgan fingerprint density at radius 2 is 1.96 bits per heavy atom. The molecular formula is C20H39N5O2.